The highest BCUT2D eigenvalue weighted by Gasteiger charge is 2.06. The van der Waals surface area contributed by atoms with Crippen LogP contribution in [-0.2, 0) is 6.54 Å². The van der Waals surface area contributed by atoms with Crippen molar-refractivity contribution < 1.29 is 4.79 Å². The van der Waals surface area contributed by atoms with Crippen LogP contribution in [0, 0.1) is 0 Å². The van der Waals surface area contributed by atoms with E-state index in [4.69, 9.17) is 0 Å². The zero-order valence-electron chi connectivity index (χ0n) is 10.2. The third-order valence-electron chi connectivity index (χ3n) is 2.34. The summed E-state index contributed by atoms with van der Waals surface area (Å²) in [6, 6.07) is 3.56. The molecule has 0 aliphatic rings. The molecule has 0 unspecified atom stereocenters. The van der Waals surface area contributed by atoms with Crippen LogP contribution < -0.4 is 5.32 Å². The molecule has 0 aliphatic heterocycles. The van der Waals surface area contributed by atoms with E-state index in [0.29, 0.717) is 5.56 Å². The standard InChI is InChI=1S/C12H19N3O/c1-4-7-15(3)9-11-8-10(5-6-14-11)12(16)13-2/h5-6,8H,4,7,9H2,1-3H3,(H,13,16). The molecule has 1 amide bonds. The minimum Gasteiger partial charge on any atom is -0.355 e. The van der Waals surface area contributed by atoms with Gasteiger partial charge in [-0.2, -0.15) is 0 Å². The highest BCUT2D eigenvalue weighted by molar-refractivity contribution is 5.93. The van der Waals surface area contributed by atoms with Crippen LogP contribution in [0.15, 0.2) is 18.3 Å². The number of amides is 1. The van der Waals surface area contributed by atoms with Crippen LogP contribution in [0.25, 0.3) is 0 Å². The first-order chi connectivity index (χ1) is 7.67. The summed E-state index contributed by atoms with van der Waals surface area (Å²) in [5, 5.41) is 2.61. The van der Waals surface area contributed by atoms with Crippen molar-refractivity contribution in [3.8, 4) is 0 Å². The molecule has 1 aromatic heterocycles. The predicted octanol–water partition coefficient (Wildman–Crippen LogP) is 1.28. The van der Waals surface area contributed by atoms with Crippen molar-refractivity contribution in [2.24, 2.45) is 0 Å². The summed E-state index contributed by atoms with van der Waals surface area (Å²) in [5.41, 5.74) is 1.59. The maximum Gasteiger partial charge on any atom is 0.251 e. The molecule has 1 aromatic rings. The number of carbonyl (C=O) groups excluding carboxylic acids is 1. The fraction of sp³-hybridized carbons (Fsp3) is 0.500. The van der Waals surface area contributed by atoms with E-state index < -0.39 is 0 Å². The second kappa shape index (κ2) is 6.23. The summed E-state index contributed by atoms with van der Waals surface area (Å²) >= 11 is 0. The Balaban J connectivity index is 2.70. The molecule has 1 rings (SSSR count). The molecule has 0 aromatic carbocycles. The van der Waals surface area contributed by atoms with Crippen molar-refractivity contribution in [2.75, 3.05) is 20.6 Å². The summed E-state index contributed by atoms with van der Waals surface area (Å²) in [6.07, 6.45) is 2.80. The van der Waals surface area contributed by atoms with Crippen LogP contribution in [0.1, 0.15) is 29.4 Å². The molecule has 0 bridgehead atoms. The van der Waals surface area contributed by atoms with E-state index in [-0.39, 0.29) is 5.91 Å². The summed E-state index contributed by atoms with van der Waals surface area (Å²) in [5.74, 6) is -0.0678. The van der Waals surface area contributed by atoms with Crippen molar-refractivity contribution in [2.45, 2.75) is 19.9 Å². The third kappa shape index (κ3) is 3.62. The topological polar surface area (TPSA) is 45.2 Å². The second-order valence-corrected chi connectivity index (χ2v) is 3.85. The van der Waals surface area contributed by atoms with Crippen LogP contribution in [0.2, 0.25) is 0 Å². The van der Waals surface area contributed by atoms with Gasteiger partial charge in [-0.3, -0.25) is 9.78 Å². The lowest BCUT2D eigenvalue weighted by Crippen LogP contribution is -2.21. The van der Waals surface area contributed by atoms with E-state index in [9.17, 15) is 4.79 Å². The predicted molar refractivity (Wildman–Crippen MR) is 64.3 cm³/mol. The largest absolute Gasteiger partial charge is 0.355 e. The molecule has 0 saturated heterocycles. The smallest absolute Gasteiger partial charge is 0.251 e. The molecule has 0 aliphatic carbocycles. The van der Waals surface area contributed by atoms with Gasteiger partial charge in [-0.1, -0.05) is 6.92 Å². The van der Waals surface area contributed by atoms with Crippen LogP contribution in [0.3, 0.4) is 0 Å². The highest BCUT2D eigenvalue weighted by Crippen LogP contribution is 2.04. The molecule has 4 heteroatoms. The first kappa shape index (κ1) is 12.6. The first-order valence-corrected chi connectivity index (χ1v) is 5.53. The Labute approximate surface area is 96.7 Å². The van der Waals surface area contributed by atoms with Crippen molar-refractivity contribution in [3.63, 3.8) is 0 Å². The molecule has 0 saturated carbocycles. The Morgan fingerprint density at radius 1 is 1.56 bits per heavy atom. The van der Waals surface area contributed by atoms with Crippen LogP contribution in [0.4, 0.5) is 0 Å². The van der Waals surface area contributed by atoms with Crippen LogP contribution in [0.5, 0.6) is 0 Å². The molecular weight excluding hydrogens is 202 g/mol. The average molecular weight is 221 g/mol. The third-order valence-corrected chi connectivity index (χ3v) is 2.34. The van der Waals surface area contributed by atoms with Gasteiger partial charge >= 0.3 is 0 Å². The Bertz CT molecular complexity index is 352. The number of nitrogens with one attached hydrogen (secondary N) is 1. The maximum atomic E-state index is 11.4. The van der Waals surface area contributed by atoms with Gasteiger partial charge in [0.1, 0.15) is 0 Å². The van der Waals surface area contributed by atoms with Gasteiger partial charge in [-0.15, -0.1) is 0 Å². The number of pyridine rings is 1. The zero-order chi connectivity index (χ0) is 12.0. The number of hydrogen-bond acceptors (Lipinski definition) is 3. The van der Waals surface area contributed by atoms with Gasteiger partial charge < -0.3 is 10.2 Å². The summed E-state index contributed by atoms with van der Waals surface area (Å²) in [7, 11) is 3.68. The van der Waals surface area contributed by atoms with Gasteiger partial charge in [0.2, 0.25) is 0 Å². The van der Waals surface area contributed by atoms with Gasteiger partial charge in [0, 0.05) is 25.4 Å². The lowest BCUT2D eigenvalue weighted by Gasteiger charge is -2.14. The van der Waals surface area contributed by atoms with E-state index in [0.717, 1.165) is 25.2 Å². The van der Waals surface area contributed by atoms with E-state index in [1.807, 2.05) is 6.07 Å². The first-order valence-electron chi connectivity index (χ1n) is 5.53. The van der Waals surface area contributed by atoms with Crippen molar-refractivity contribution in [1.82, 2.24) is 15.2 Å². The Morgan fingerprint density at radius 3 is 2.94 bits per heavy atom. The quantitative estimate of drug-likeness (QED) is 0.814. The normalized spacial score (nSPS) is 10.5. The number of nitrogens with zero attached hydrogens (tertiary/aromatic N) is 2. The maximum absolute atomic E-state index is 11.4. The molecule has 1 heterocycles. The van der Waals surface area contributed by atoms with Crippen LogP contribution in [-0.4, -0.2) is 36.4 Å². The number of carbonyl (C=O) groups is 1. The molecule has 0 fully saturated rings. The summed E-state index contributed by atoms with van der Waals surface area (Å²) in [6.45, 7) is 3.95. The summed E-state index contributed by atoms with van der Waals surface area (Å²) < 4.78 is 0. The fourth-order valence-electron chi connectivity index (χ4n) is 1.59. The van der Waals surface area contributed by atoms with Gasteiger partial charge in [0.25, 0.3) is 5.91 Å². The Morgan fingerprint density at radius 2 is 2.31 bits per heavy atom. The minimum atomic E-state index is -0.0678. The highest BCUT2D eigenvalue weighted by atomic mass is 16.1. The molecule has 4 nitrogen and oxygen atoms in total. The van der Waals surface area contributed by atoms with E-state index >= 15 is 0 Å². The van der Waals surface area contributed by atoms with Crippen LogP contribution >= 0.6 is 0 Å². The Kier molecular flexibility index (Phi) is 4.92. The monoisotopic (exact) mass is 221 g/mol. The van der Waals surface area contributed by atoms with Gasteiger partial charge in [-0.25, -0.2) is 0 Å². The van der Waals surface area contributed by atoms with Crippen molar-refractivity contribution in [3.05, 3.63) is 29.6 Å². The molecule has 0 radical (unpaired) electrons. The van der Waals surface area contributed by atoms with Gasteiger partial charge in [-0.05, 0) is 32.1 Å². The van der Waals surface area contributed by atoms with Gasteiger partial charge in [0.15, 0.2) is 0 Å². The molecule has 1 N–H and O–H groups in total. The SMILES string of the molecule is CCCN(C)Cc1cc(C(=O)NC)ccn1. The van der Waals surface area contributed by atoms with Gasteiger partial charge in [0.05, 0.1) is 5.69 Å². The van der Waals surface area contributed by atoms with Crippen molar-refractivity contribution in [1.29, 1.82) is 0 Å². The molecule has 16 heavy (non-hydrogen) atoms. The lowest BCUT2D eigenvalue weighted by atomic mass is 10.2. The zero-order valence-corrected chi connectivity index (χ0v) is 10.2. The number of aromatic nitrogens is 1. The van der Waals surface area contributed by atoms with E-state index in [1.54, 1.807) is 19.3 Å². The van der Waals surface area contributed by atoms with E-state index in [2.05, 4.69) is 29.2 Å². The van der Waals surface area contributed by atoms with Crippen molar-refractivity contribution >= 4 is 5.91 Å². The van der Waals surface area contributed by atoms with E-state index in [1.165, 1.54) is 0 Å². The molecule has 0 atom stereocenters. The molecule has 0 spiro atoms. The number of hydrogen-bond donors (Lipinski definition) is 1. The fourth-order valence-corrected chi connectivity index (χ4v) is 1.59. The lowest BCUT2D eigenvalue weighted by molar-refractivity contribution is 0.0962. The summed E-state index contributed by atoms with van der Waals surface area (Å²) in [4.78, 5) is 17.9. The molecule has 88 valence electrons. The average Bonchev–Trinajstić information content (AvgIpc) is 2.28. The Hall–Kier alpha value is -1.42. The minimum absolute atomic E-state index is 0.0678. The number of rotatable bonds is 5. The second-order valence-electron chi connectivity index (χ2n) is 3.85. The molecular formula is C12H19N3O.